The normalized spacial score (nSPS) is 14.8. The SMILES string of the molecule is CCCCCCCCCCC(C)CC(C)CO. The molecule has 0 spiro atoms. The molecule has 1 heteroatoms. The Kier molecular flexibility index (Phi) is 12.4. The van der Waals surface area contributed by atoms with E-state index in [1.807, 2.05) is 0 Å². The van der Waals surface area contributed by atoms with Gasteiger partial charge in [0.15, 0.2) is 0 Å². The third-order valence-corrected chi connectivity index (χ3v) is 3.67. The quantitative estimate of drug-likeness (QED) is 0.468. The lowest BCUT2D eigenvalue weighted by Gasteiger charge is -2.14. The molecule has 0 saturated heterocycles. The molecule has 104 valence electrons. The lowest BCUT2D eigenvalue weighted by molar-refractivity contribution is 0.212. The first kappa shape index (κ1) is 17.0. The van der Waals surface area contributed by atoms with Crippen LogP contribution in [-0.2, 0) is 0 Å². The van der Waals surface area contributed by atoms with Crippen molar-refractivity contribution < 1.29 is 5.11 Å². The summed E-state index contributed by atoms with van der Waals surface area (Å²) in [5.41, 5.74) is 0. The summed E-state index contributed by atoms with van der Waals surface area (Å²) >= 11 is 0. The molecule has 1 N–H and O–H groups in total. The summed E-state index contributed by atoms with van der Waals surface area (Å²) in [6.45, 7) is 7.09. The summed E-state index contributed by atoms with van der Waals surface area (Å²) in [6, 6.07) is 0. The molecule has 0 bridgehead atoms. The van der Waals surface area contributed by atoms with Crippen molar-refractivity contribution >= 4 is 0 Å². The van der Waals surface area contributed by atoms with Crippen molar-refractivity contribution in [3.63, 3.8) is 0 Å². The van der Waals surface area contributed by atoms with Gasteiger partial charge in [-0.3, -0.25) is 0 Å². The molecule has 0 amide bonds. The minimum absolute atomic E-state index is 0.349. The minimum atomic E-state index is 0.349. The Morgan fingerprint density at radius 2 is 1.29 bits per heavy atom. The zero-order valence-electron chi connectivity index (χ0n) is 12.4. The van der Waals surface area contributed by atoms with Gasteiger partial charge in [0.2, 0.25) is 0 Å². The Morgan fingerprint density at radius 1 is 0.765 bits per heavy atom. The van der Waals surface area contributed by atoms with Gasteiger partial charge in [-0.2, -0.15) is 0 Å². The first-order valence-electron chi connectivity index (χ1n) is 7.81. The van der Waals surface area contributed by atoms with E-state index in [1.54, 1.807) is 0 Å². The average molecular weight is 242 g/mol. The van der Waals surface area contributed by atoms with Crippen molar-refractivity contribution in [1.29, 1.82) is 0 Å². The van der Waals surface area contributed by atoms with Crippen LogP contribution >= 0.6 is 0 Å². The highest BCUT2D eigenvalue weighted by Crippen LogP contribution is 2.18. The zero-order chi connectivity index (χ0) is 12.9. The van der Waals surface area contributed by atoms with Crippen molar-refractivity contribution in [2.45, 2.75) is 85.0 Å². The van der Waals surface area contributed by atoms with Gasteiger partial charge in [-0.05, 0) is 18.3 Å². The van der Waals surface area contributed by atoms with Gasteiger partial charge >= 0.3 is 0 Å². The van der Waals surface area contributed by atoms with Gasteiger partial charge in [0.25, 0.3) is 0 Å². The van der Waals surface area contributed by atoms with Crippen LogP contribution in [0.4, 0.5) is 0 Å². The number of hydrogen-bond acceptors (Lipinski definition) is 1. The summed E-state index contributed by atoms with van der Waals surface area (Å²) in [7, 11) is 0. The minimum Gasteiger partial charge on any atom is -0.396 e. The standard InChI is InChI=1S/C16H34O/c1-4-5-6-7-8-9-10-11-12-15(2)13-16(3)14-17/h15-17H,4-14H2,1-3H3. The van der Waals surface area contributed by atoms with E-state index in [-0.39, 0.29) is 0 Å². The smallest absolute Gasteiger partial charge is 0.0456 e. The summed E-state index contributed by atoms with van der Waals surface area (Å²) in [5.74, 6) is 1.27. The Bertz CT molecular complexity index is 144. The van der Waals surface area contributed by atoms with E-state index in [2.05, 4.69) is 20.8 Å². The van der Waals surface area contributed by atoms with E-state index in [1.165, 1.54) is 64.2 Å². The predicted molar refractivity (Wildman–Crippen MR) is 77.3 cm³/mol. The van der Waals surface area contributed by atoms with Crippen molar-refractivity contribution in [1.82, 2.24) is 0 Å². The number of unbranched alkanes of at least 4 members (excludes halogenated alkanes) is 7. The van der Waals surface area contributed by atoms with Gasteiger partial charge in [0, 0.05) is 6.61 Å². The van der Waals surface area contributed by atoms with E-state index >= 15 is 0 Å². The topological polar surface area (TPSA) is 20.2 Å². The second-order valence-corrected chi connectivity index (χ2v) is 5.89. The van der Waals surface area contributed by atoms with E-state index in [4.69, 9.17) is 5.11 Å². The Labute approximate surface area is 109 Å². The van der Waals surface area contributed by atoms with Crippen LogP contribution in [0, 0.1) is 11.8 Å². The molecule has 0 heterocycles. The molecule has 0 aliphatic carbocycles. The van der Waals surface area contributed by atoms with Crippen LogP contribution in [-0.4, -0.2) is 11.7 Å². The maximum Gasteiger partial charge on any atom is 0.0456 e. The molecule has 0 aromatic rings. The van der Waals surface area contributed by atoms with Crippen molar-refractivity contribution in [3.8, 4) is 0 Å². The highest BCUT2D eigenvalue weighted by Gasteiger charge is 2.07. The molecule has 0 aromatic heterocycles. The Morgan fingerprint density at radius 3 is 1.82 bits per heavy atom. The largest absolute Gasteiger partial charge is 0.396 e. The third kappa shape index (κ3) is 12.2. The molecule has 17 heavy (non-hydrogen) atoms. The number of aliphatic hydroxyl groups excluding tert-OH is 1. The summed E-state index contributed by atoms with van der Waals surface area (Å²) in [5, 5.41) is 9.00. The predicted octanol–water partition coefficient (Wildman–Crippen LogP) is 5.17. The van der Waals surface area contributed by atoms with Crippen LogP contribution in [0.15, 0.2) is 0 Å². The van der Waals surface area contributed by atoms with E-state index in [9.17, 15) is 0 Å². The number of rotatable bonds is 12. The van der Waals surface area contributed by atoms with Crippen molar-refractivity contribution in [2.24, 2.45) is 11.8 Å². The molecule has 0 radical (unpaired) electrons. The lowest BCUT2D eigenvalue weighted by atomic mass is 9.93. The summed E-state index contributed by atoms with van der Waals surface area (Å²) in [4.78, 5) is 0. The summed E-state index contributed by atoms with van der Waals surface area (Å²) in [6.07, 6.45) is 13.8. The van der Waals surface area contributed by atoms with Crippen LogP contribution < -0.4 is 0 Å². The molecule has 0 aliphatic rings. The van der Waals surface area contributed by atoms with E-state index in [0.29, 0.717) is 12.5 Å². The number of aliphatic hydroxyl groups is 1. The molecule has 0 aliphatic heterocycles. The highest BCUT2D eigenvalue weighted by molar-refractivity contribution is 4.59. The van der Waals surface area contributed by atoms with Crippen LogP contribution in [0.5, 0.6) is 0 Å². The Balaban J connectivity index is 3.16. The monoisotopic (exact) mass is 242 g/mol. The fourth-order valence-corrected chi connectivity index (χ4v) is 2.51. The van der Waals surface area contributed by atoms with Gasteiger partial charge in [0.05, 0.1) is 0 Å². The molecular weight excluding hydrogens is 208 g/mol. The van der Waals surface area contributed by atoms with Crippen LogP contribution in [0.25, 0.3) is 0 Å². The van der Waals surface area contributed by atoms with Crippen LogP contribution in [0.1, 0.15) is 85.0 Å². The highest BCUT2D eigenvalue weighted by atomic mass is 16.3. The fourth-order valence-electron chi connectivity index (χ4n) is 2.51. The van der Waals surface area contributed by atoms with E-state index in [0.717, 1.165) is 5.92 Å². The number of hydrogen-bond donors (Lipinski definition) is 1. The Hall–Kier alpha value is -0.0400. The average Bonchev–Trinajstić information content (AvgIpc) is 2.32. The lowest BCUT2D eigenvalue weighted by Crippen LogP contribution is -2.06. The van der Waals surface area contributed by atoms with Gasteiger partial charge in [0.1, 0.15) is 0 Å². The molecule has 1 nitrogen and oxygen atoms in total. The van der Waals surface area contributed by atoms with Gasteiger partial charge in [-0.15, -0.1) is 0 Å². The molecule has 0 rings (SSSR count). The first-order valence-corrected chi connectivity index (χ1v) is 7.81. The van der Waals surface area contributed by atoms with Crippen molar-refractivity contribution in [2.75, 3.05) is 6.61 Å². The molecule has 0 fully saturated rings. The molecule has 0 aromatic carbocycles. The maximum atomic E-state index is 9.00. The van der Waals surface area contributed by atoms with Gasteiger partial charge in [-0.25, -0.2) is 0 Å². The molecule has 2 atom stereocenters. The second kappa shape index (κ2) is 12.4. The fraction of sp³-hybridized carbons (Fsp3) is 1.00. The first-order chi connectivity index (χ1) is 8.20. The summed E-state index contributed by atoms with van der Waals surface area (Å²) < 4.78 is 0. The third-order valence-electron chi connectivity index (χ3n) is 3.67. The van der Waals surface area contributed by atoms with E-state index < -0.39 is 0 Å². The van der Waals surface area contributed by atoms with Crippen molar-refractivity contribution in [3.05, 3.63) is 0 Å². The molecule has 2 unspecified atom stereocenters. The molecular formula is C16H34O. The van der Waals surface area contributed by atoms with Gasteiger partial charge < -0.3 is 5.11 Å². The second-order valence-electron chi connectivity index (χ2n) is 5.89. The van der Waals surface area contributed by atoms with Crippen LogP contribution in [0.2, 0.25) is 0 Å². The zero-order valence-corrected chi connectivity index (χ0v) is 12.4. The van der Waals surface area contributed by atoms with Crippen LogP contribution in [0.3, 0.4) is 0 Å². The molecule has 0 saturated carbocycles. The maximum absolute atomic E-state index is 9.00. The van der Waals surface area contributed by atoms with Gasteiger partial charge in [-0.1, -0.05) is 78.6 Å².